The Labute approximate surface area is 110 Å². The lowest BCUT2D eigenvalue weighted by Crippen LogP contribution is -2.20. The van der Waals surface area contributed by atoms with E-state index in [-0.39, 0.29) is 16.8 Å². The minimum atomic E-state index is -0.266. The predicted octanol–water partition coefficient (Wildman–Crippen LogP) is 4.21. The fourth-order valence-corrected chi connectivity index (χ4v) is 1.97. The van der Waals surface area contributed by atoms with E-state index in [4.69, 9.17) is 4.74 Å². The van der Waals surface area contributed by atoms with Crippen molar-refractivity contribution >= 4 is 5.97 Å². The van der Waals surface area contributed by atoms with Gasteiger partial charge in [-0.3, -0.25) is 4.79 Å². The number of benzene rings is 1. The first-order valence-electron chi connectivity index (χ1n) is 6.36. The van der Waals surface area contributed by atoms with Crippen molar-refractivity contribution in [2.45, 2.75) is 59.3 Å². The average Bonchev–Trinajstić information content (AvgIpc) is 2.13. The van der Waals surface area contributed by atoms with Gasteiger partial charge in [0.1, 0.15) is 5.75 Å². The third-order valence-corrected chi connectivity index (χ3v) is 2.88. The largest absolute Gasteiger partial charge is 0.426 e. The zero-order valence-corrected chi connectivity index (χ0v) is 12.5. The summed E-state index contributed by atoms with van der Waals surface area (Å²) in [4.78, 5) is 11.3. The number of para-hydroxylation sites is 1. The van der Waals surface area contributed by atoms with Crippen molar-refractivity contribution in [3.63, 3.8) is 0 Å². The first kappa shape index (κ1) is 14.7. The molecule has 0 heterocycles. The van der Waals surface area contributed by atoms with Crippen molar-refractivity contribution in [3.8, 4) is 5.75 Å². The van der Waals surface area contributed by atoms with E-state index in [9.17, 15) is 4.79 Å². The number of ether oxygens (including phenoxy) is 1. The minimum Gasteiger partial charge on any atom is -0.426 e. The molecule has 0 radical (unpaired) electrons. The molecular weight excluding hydrogens is 224 g/mol. The third-order valence-electron chi connectivity index (χ3n) is 2.88. The van der Waals surface area contributed by atoms with Crippen molar-refractivity contribution in [2.75, 3.05) is 0 Å². The molecule has 1 rings (SSSR count). The smallest absolute Gasteiger partial charge is 0.308 e. The molecule has 0 amide bonds. The summed E-state index contributed by atoms with van der Waals surface area (Å²) in [6.07, 6.45) is 0. The molecule has 0 aliphatic rings. The first-order chi connectivity index (χ1) is 8.03. The van der Waals surface area contributed by atoms with E-state index in [1.54, 1.807) is 0 Å². The Kier molecular flexibility index (Phi) is 3.89. The van der Waals surface area contributed by atoms with Crippen LogP contribution in [0.3, 0.4) is 0 Å². The van der Waals surface area contributed by atoms with Crippen LogP contribution in [0, 0.1) is 0 Å². The SMILES string of the molecule is CC(=O)Oc1c(C(C)(C)C)cccc1C(C)(C)C. The Hall–Kier alpha value is -1.31. The van der Waals surface area contributed by atoms with Crippen molar-refractivity contribution < 1.29 is 9.53 Å². The average molecular weight is 248 g/mol. The lowest BCUT2D eigenvalue weighted by molar-refractivity contribution is -0.132. The van der Waals surface area contributed by atoms with Crippen LogP contribution in [0.5, 0.6) is 5.75 Å². The molecule has 0 atom stereocenters. The number of hydrogen-bond acceptors (Lipinski definition) is 2. The zero-order chi connectivity index (χ0) is 14.1. The second kappa shape index (κ2) is 4.75. The highest BCUT2D eigenvalue weighted by Crippen LogP contribution is 2.39. The molecule has 0 unspecified atom stereocenters. The van der Waals surface area contributed by atoms with E-state index in [0.29, 0.717) is 0 Å². The Morgan fingerprint density at radius 1 is 0.944 bits per heavy atom. The van der Waals surface area contributed by atoms with Gasteiger partial charge in [0, 0.05) is 18.1 Å². The van der Waals surface area contributed by atoms with Crippen molar-refractivity contribution in [3.05, 3.63) is 29.3 Å². The van der Waals surface area contributed by atoms with E-state index in [1.165, 1.54) is 6.92 Å². The van der Waals surface area contributed by atoms with Crippen LogP contribution in [0.2, 0.25) is 0 Å². The number of rotatable bonds is 1. The van der Waals surface area contributed by atoms with Crippen LogP contribution in [-0.2, 0) is 15.6 Å². The second-order valence-corrected chi connectivity index (χ2v) is 6.78. The second-order valence-electron chi connectivity index (χ2n) is 6.78. The maximum absolute atomic E-state index is 11.3. The summed E-state index contributed by atoms with van der Waals surface area (Å²) in [6.45, 7) is 14.2. The maximum atomic E-state index is 11.3. The van der Waals surface area contributed by atoms with Gasteiger partial charge in [0.15, 0.2) is 0 Å². The molecule has 2 heteroatoms. The van der Waals surface area contributed by atoms with Gasteiger partial charge in [-0.2, -0.15) is 0 Å². The molecule has 0 saturated heterocycles. The number of hydrogen-bond donors (Lipinski definition) is 0. The Morgan fingerprint density at radius 2 is 1.33 bits per heavy atom. The molecule has 0 bridgehead atoms. The van der Waals surface area contributed by atoms with Crippen LogP contribution in [0.1, 0.15) is 59.6 Å². The number of esters is 1. The van der Waals surface area contributed by atoms with Crippen LogP contribution in [-0.4, -0.2) is 5.97 Å². The van der Waals surface area contributed by atoms with Crippen molar-refractivity contribution in [1.29, 1.82) is 0 Å². The summed E-state index contributed by atoms with van der Waals surface area (Å²) in [7, 11) is 0. The fraction of sp³-hybridized carbons (Fsp3) is 0.562. The van der Waals surface area contributed by atoms with Gasteiger partial charge in [-0.05, 0) is 10.8 Å². The Morgan fingerprint density at radius 3 is 1.61 bits per heavy atom. The molecule has 2 nitrogen and oxygen atoms in total. The molecule has 0 spiro atoms. The van der Waals surface area contributed by atoms with Gasteiger partial charge in [0.05, 0.1) is 0 Å². The highest BCUT2D eigenvalue weighted by atomic mass is 16.5. The van der Waals surface area contributed by atoms with Gasteiger partial charge in [-0.1, -0.05) is 59.7 Å². The van der Waals surface area contributed by atoms with Crippen LogP contribution >= 0.6 is 0 Å². The molecule has 0 N–H and O–H groups in total. The number of carbonyl (C=O) groups excluding carboxylic acids is 1. The van der Waals surface area contributed by atoms with E-state index in [1.807, 2.05) is 18.2 Å². The first-order valence-corrected chi connectivity index (χ1v) is 6.36. The third kappa shape index (κ3) is 3.34. The molecule has 100 valence electrons. The standard InChI is InChI=1S/C16H24O2/c1-11(17)18-14-12(15(2,3)4)9-8-10-13(14)16(5,6)7/h8-10H,1-7H3. The molecule has 1 aromatic rings. The Balaban J connectivity index is 3.50. The summed E-state index contributed by atoms with van der Waals surface area (Å²) >= 11 is 0. The lowest BCUT2D eigenvalue weighted by atomic mass is 9.79. The van der Waals surface area contributed by atoms with Crippen LogP contribution < -0.4 is 4.74 Å². The lowest BCUT2D eigenvalue weighted by Gasteiger charge is -2.28. The van der Waals surface area contributed by atoms with E-state index in [0.717, 1.165) is 16.9 Å². The molecule has 1 aromatic carbocycles. The maximum Gasteiger partial charge on any atom is 0.308 e. The van der Waals surface area contributed by atoms with Crippen LogP contribution in [0.4, 0.5) is 0 Å². The molecule has 18 heavy (non-hydrogen) atoms. The van der Waals surface area contributed by atoms with Gasteiger partial charge in [-0.15, -0.1) is 0 Å². The fourth-order valence-electron chi connectivity index (χ4n) is 1.97. The van der Waals surface area contributed by atoms with Gasteiger partial charge >= 0.3 is 5.97 Å². The highest BCUT2D eigenvalue weighted by Gasteiger charge is 2.27. The molecular formula is C16H24O2. The van der Waals surface area contributed by atoms with Gasteiger partial charge in [-0.25, -0.2) is 0 Å². The number of carbonyl (C=O) groups is 1. The van der Waals surface area contributed by atoms with E-state index in [2.05, 4.69) is 41.5 Å². The topological polar surface area (TPSA) is 26.3 Å². The summed E-state index contributed by atoms with van der Waals surface area (Å²) in [5, 5.41) is 0. The predicted molar refractivity (Wildman–Crippen MR) is 75.2 cm³/mol. The van der Waals surface area contributed by atoms with Crippen LogP contribution in [0.25, 0.3) is 0 Å². The van der Waals surface area contributed by atoms with Gasteiger partial charge < -0.3 is 4.74 Å². The molecule has 0 aliphatic carbocycles. The normalized spacial score (nSPS) is 12.4. The summed E-state index contributed by atoms with van der Waals surface area (Å²) < 4.78 is 5.49. The molecule has 0 fully saturated rings. The summed E-state index contributed by atoms with van der Waals surface area (Å²) in [6, 6.07) is 6.11. The van der Waals surface area contributed by atoms with Crippen molar-refractivity contribution in [1.82, 2.24) is 0 Å². The zero-order valence-electron chi connectivity index (χ0n) is 12.5. The highest BCUT2D eigenvalue weighted by molar-refractivity contribution is 5.71. The van der Waals surface area contributed by atoms with Gasteiger partial charge in [0.2, 0.25) is 0 Å². The molecule has 0 aliphatic heterocycles. The van der Waals surface area contributed by atoms with Gasteiger partial charge in [0.25, 0.3) is 0 Å². The van der Waals surface area contributed by atoms with Crippen molar-refractivity contribution in [2.24, 2.45) is 0 Å². The Bertz CT molecular complexity index is 413. The minimum absolute atomic E-state index is 0.0496. The summed E-state index contributed by atoms with van der Waals surface area (Å²) in [5.74, 6) is 0.460. The summed E-state index contributed by atoms with van der Waals surface area (Å²) in [5.41, 5.74) is 2.05. The monoisotopic (exact) mass is 248 g/mol. The van der Waals surface area contributed by atoms with Crippen LogP contribution in [0.15, 0.2) is 18.2 Å². The van der Waals surface area contributed by atoms with E-state index < -0.39 is 0 Å². The molecule has 0 saturated carbocycles. The van der Waals surface area contributed by atoms with E-state index >= 15 is 0 Å². The molecule has 0 aromatic heterocycles. The quantitative estimate of drug-likeness (QED) is 0.550.